The van der Waals surface area contributed by atoms with Crippen molar-refractivity contribution in [1.29, 1.82) is 0 Å². The van der Waals surface area contributed by atoms with Crippen LogP contribution >= 0.6 is 12.4 Å². The van der Waals surface area contributed by atoms with E-state index in [0.29, 0.717) is 17.8 Å². The highest BCUT2D eigenvalue weighted by atomic mass is 35.5. The molecule has 1 saturated heterocycles. The maximum atomic E-state index is 12.3. The number of aromatic nitrogens is 2. The van der Waals surface area contributed by atoms with E-state index in [-0.39, 0.29) is 30.3 Å². The number of hydrogen-bond donors (Lipinski definition) is 1. The topological polar surface area (TPSA) is 71.3 Å². The molecule has 1 amide bonds. The van der Waals surface area contributed by atoms with E-state index in [0.717, 1.165) is 32.2 Å². The van der Waals surface area contributed by atoms with Crippen molar-refractivity contribution in [1.82, 2.24) is 20.4 Å². The Balaban J connectivity index is 0.00000242. The fraction of sp³-hybridized carbons (Fsp3) is 0.800. The predicted molar refractivity (Wildman–Crippen MR) is 86.9 cm³/mol. The summed E-state index contributed by atoms with van der Waals surface area (Å²) < 4.78 is 5.43. The molecule has 7 heteroatoms. The molecule has 22 heavy (non-hydrogen) atoms. The first-order valence-electron chi connectivity index (χ1n) is 7.83. The van der Waals surface area contributed by atoms with E-state index in [1.807, 2.05) is 25.8 Å². The summed E-state index contributed by atoms with van der Waals surface area (Å²) in [5.41, 5.74) is 0. The van der Waals surface area contributed by atoms with Crippen LogP contribution in [0.2, 0.25) is 0 Å². The molecular formula is C15H27ClN4O2. The van der Waals surface area contributed by atoms with Crippen LogP contribution in [-0.4, -0.2) is 40.6 Å². The second kappa shape index (κ2) is 8.48. The Hall–Kier alpha value is -1.14. The molecule has 0 radical (unpaired) electrons. The fourth-order valence-corrected chi connectivity index (χ4v) is 2.65. The van der Waals surface area contributed by atoms with Gasteiger partial charge in [-0.15, -0.1) is 12.4 Å². The van der Waals surface area contributed by atoms with Gasteiger partial charge in [0.1, 0.15) is 6.04 Å². The third-order valence-corrected chi connectivity index (χ3v) is 4.03. The van der Waals surface area contributed by atoms with Gasteiger partial charge in [-0.3, -0.25) is 4.79 Å². The van der Waals surface area contributed by atoms with Crippen LogP contribution in [0.5, 0.6) is 0 Å². The zero-order chi connectivity index (χ0) is 15.4. The standard InChI is InChI=1S/C15H26N4O2.ClH/c1-10(2)15(20)19-8-6-5-7-12(19)14-17-13(18-21-14)9-11(3)16-4;/h10-12,16H,5-9H2,1-4H3;1H. The van der Waals surface area contributed by atoms with E-state index in [1.165, 1.54) is 0 Å². The van der Waals surface area contributed by atoms with Crippen LogP contribution in [0, 0.1) is 5.92 Å². The highest BCUT2D eigenvalue weighted by Crippen LogP contribution is 2.31. The Morgan fingerprint density at radius 1 is 1.41 bits per heavy atom. The van der Waals surface area contributed by atoms with Gasteiger partial charge in [0.2, 0.25) is 11.8 Å². The second-order valence-corrected chi connectivity index (χ2v) is 6.14. The van der Waals surface area contributed by atoms with Crippen molar-refractivity contribution in [3.05, 3.63) is 11.7 Å². The Labute approximate surface area is 138 Å². The number of nitrogens with zero attached hydrogens (tertiary/aromatic N) is 3. The highest BCUT2D eigenvalue weighted by Gasteiger charge is 2.33. The van der Waals surface area contributed by atoms with Crippen LogP contribution in [0.3, 0.4) is 0 Å². The number of hydrogen-bond acceptors (Lipinski definition) is 5. The summed E-state index contributed by atoms with van der Waals surface area (Å²) in [5, 5.41) is 7.21. The number of nitrogens with one attached hydrogen (secondary N) is 1. The molecule has 126 valence electrons. The summed E-state index contributed by atoms with van der Waals surface area (Å²) in [6.07, 6.45) is 3.77. The lowest BCUT2D eigenvalue weighted by atomic mass is 10.00. The Morgan fingerprint density at radius 2 is 2.14 bits per heavy atom. The number of piperidine rings is 1. The lowest BCUT2D eigenvalue weighted by Gasteiger charge is -2.34. The highest BCUT2D eigenvalue weighted by molar-refractivity contribution is 5.85. The van der Waals surface area contributed by atoms with Gasteiger partial charge < -0.3 is 14.7 Å². The molecule has 1 aromatic heterocycles. The first kappa shape index (κ1) is 18.9. The molecule has 0 aliphatic carbocycles. The van der Waals surface area contributed by atoms with Crippen molar-refractivity contribution >= 4 is 18.3 Å². The maximum Gasteiger partial charge on any atom is 0.249 e. The molecule has 2 unspecified atom stereocenters. The molecule has 1 aromatic rings. The van der Waals surface area contributed by atoms with Crippen LogP contribution in [0.15, 0.2) is 4.52 Å². The molecule has 0 spiro atoms. The van der Waals surface area contributed by atoms with Crippen molar-refractivity contribution in [2.45, 2.75) is 58.5 Å². The molecular weight excluding hydrogens is 304 g/mol. The molecule has 2 atom stereocenters. The van der Waals surface area contributed by atoms with Crippen molar-refractivity contribution in [3.8, 4) is 0 Å². The number of rotatable bonds is 5. The lowest BCUT2D eigenvalue weighted by Crippen LogP contribution is -2.40. The van der Waals surface area contributed by atoms with Gasteiger partial charge in [0, 0.05) is 24.9 Å². The van der Waals surface area contributed by atoms with Crippen molar-refractivity contribution in [2.24, 2.45) is 5.92 Å². The zero-order valence-electron chi connectivity index (χ0n) is 13.8. The van der Waals surface area contributed by atoms with Crippen LogP contribution in [0.25, 0.3) is 0 Å². The molecule has 0 aromatic carbocycles. The third kappa shape index (κ3) is 4.43. The smallest absolute Gasteiger partial charge is 0.249 e. The Morgan fingerprint density at radius 3 is 2.77 bits per heavy atom. The van der Waals surface area contributed by atoms with Gasteiger partial charge in [-0.2, -0.15) is 4.98 Å². The molecule has 1 fully saturated rings. The summed E-state index contributed by atoms with van der Waals surface area (Å²) >= 11 is 0. The van der Waals surface area contributed by atoms with Gasteiger partial charge in [-0.05, 0) is 33.2 Å². The summed E-state index contributed by atoms with van der Waals surface area (Å²) in [6.45, 7) is 6.72. The fourth-order valence-electron chi connectivity index (χ4n) is 2.65. The first-order chi connectivity index (χ1) is 10.0. The molecule has 1 aliphatic rings. The number of carbonyl (C=O) groups is 1. The number of likely N-dealkylation sites (tertiary alicyclic amines) is 1. The number of carbonyl (C=O) groups excluding carboxylic acids is 1. The largest absolute Gasteiger partial charge is 0.337 e. The summed E-state index contributed by atoms with van der Waals surface area (Å²) in [7, 11) is 1.91. The Kier molecular flexibility index (Phi) is 7.29. The minimum absolute atomic E-state index is 0. The molecule has 1 N–H and O–H groups in total. The molecule has 1 aliphatic heterocycles. The average Bonchev–Trinajstić information content (AvgIpc) is 2.94. The minimum Gasteiger partial charge on any atom is -0.337 e. The summed E-state index contributed by atoms with van der Waals surface area (Å²) in [4.78, 5) is 18.8. The Bertz CT molecular complexity index is 478. The van der Waals surface area contributed by atoms with Gasteiger partial charge in [0.05, 0.1) is 0 Å². The van der Waals surface area contributed by atoms with Crippen molar-refractivity contribution in [3.63, 3.8) is 0 Å². The van der Waals surface area contributed by atoms with Crippen LogP contribution in [-0.2, 0) is 11.2 Å². The third-order valence-electron chi connectivity index (χ3n) is 4.03. The first-order valence-corrected chi connectivity index (χ1v) is 7.83. The molecule has 0 bridgehead atoms. The van der Waals surface area contributed by atoms with Crippen LogP contribution in [0.4, 0.5) is 0 Å². The number of halogens is 1. The van der Waals surface area contributed by atoms with E-state index in [2.05, 4.69) is 22.4 Å². The van der Waals surface area contributed by atoms with E-state index in [9.17, 15) is 4.79 Å². The van der Waals surface area contributed by atoms with E-state index >= 15 is 0 Å². The predicted octanol–water partition coefficient (Wildman–Crippen LogP) is 2.35. The molecule has 6 nitrogen and oxygen atoms in total. The van der Waals surface area contributed by atoms with Gasteiger partial charge in [-0.1, -0.05) is 19.0 Å². The normalized spacial score (nSPS) is 19.9. The molecule has 2 rings (SSSR count). The second-order valence-electron chi connectivity index (χ2n) is 6.14. The van der Waals surface area contributed by atoms with Gasteiger partial charge >= 0.3 is 0 Å². The summed E-state index contributed by atoms with van der Waals surface area (Å²) in [6, 6.07) is 0.245. The van der Waals surface area contributed by atoms with Crippen molar-refractivity contribution in [2.75, 3.05) is 13.6 Å². The van der Waals surface area contributed by atoms with Gasteiger partial charge in [-0.25, -0.2) is 0 Å². The molecule has 2 heterocycles. The van der Waals surface area contributed by atoms with E-state index in [4.69, 9.17) is 4.52 Å². The quantitative estimate of drug-likeness (QED) is 0.897. The molecule has 0 saturated carbocycles. The van der Waals surface area contributed by atoms with E-state index < -0.39 is 0 Å². The maximum absolute atomic E-state index is 12.3. The lowest BCUT2D eigenvalue weighted by molar-refractivity contribution is -0.139. The zero-order valence-corrected chi connectivity index (χ0v) is 14.7. The van der Waals surface area contributed by atoms with Gasteiger partial charge in [0.25, 0.3) is 0 Å². The SMILES string of the molecule is CNC(C)Cc1noc(C2CCCCN2C(=O)C(C)C)n1.Cl. The minimum atomic E-state index is -0.0557. The monoisotopic (exact) mass is 330 g/mol. The average molecular weight is 331 g/mol. The van der Waals surface area contributed by atoms with Crippen LogP contribution in [0.1, 0.15) is 57.8 Å². The summed E-state index contributed by atoms with van der Waals surface area (Å²) in [5.74, 6) is 1.46. The van der Waals surface area contributed by atoms with E-state index in [1.54, 1.807) is 0 Å². The van der Waals surface area contributed by atoms with Crippen LogP contribution < -0.4 is 5.32 Å². The van der Waals surface area contributed by atoms with Crippen molar-refractivity contribution < 1.29 is 9.32 Å². The number of amides is 1. The van der Waals surface area contributed by atoms with Gasteiger partial charge in [0.15, 0.2) is 5.82 Å². The number of likely N-dealkylation sites (N-methyl/N-ethyl adjacent to an activating group) is 1.